The second kappa shape index (κ2) is 4.80. The summed E-state index contributed by atoms with van der Waals surface area (Å²) < 4.78 is 21.4. The Morgan fingerprint density at radius 1 is 1.15 bits per heavy atom. The molecule has 0 aliphatic heterocycles. The minimum absolute atomic E-state index is 0.0756. The Kier molecular flexibility index (Phi) is 4.39. The summed E-state index contributed by atoms with van der Waals surface area (Å²) in [5.41, 5.74) is 5.85. The first kappa shape index (κ1) is 11.9. The second-order valence-corrected chi connectivity index (χ2v) is 3.68. The molecule has 0 saturated heterocycles. The Balaban J connectivity index is 0.000000671. The van der Waals surface area contributed by atoms with Crippen LogP contribution < -0.4 is 10.9 Å². The predicted molar refractivity (Wildman–Crippen MR) is 50.4 cm³/mol. The molecule has 1 rings (SSSR count). The van der Waals surface area contributed by atoms with E-state index in [1.54, 1.807) is 0 Å². The fourth-order valence-corrected chi connectivity index (χ4v) is 1.17. The highest BCUT2D eigenvalue weighted by atomic mass is 32.2. The third-order valence-electron chi connectivity index (χ3n) is 1.21. The van der Waals surface area contributed by atoms with E-state index in [4.69, 9.17) is 16.0 Å². The minimum atomic E-state index is -3.58. The van der Waals surface area contributed by atoms with Gasteiger partial charge in [0.15, 0.2) is 0 Å². The van der Waals surface area contributed by atoms with Gasteiger partial charge in [0.1, 0.15) is 0 Å². The molecular weight excluding hydrogens is 192 g/mol. The van der Waals surface area contributed by atoms with Gasteiger partial charge in [0.2, 0.25) is 10.0 Å². The van der Waals surface area contributed by atoms with E-state index in [1.165, 1.54) is 24.3 Å². The molecule has 1 aromatic rings. The molecule has 0 unspecified atom stereocenters. The van der Waals surface area contributed by atoms with E-state index in [0.29, 0.717) is 5.69 Å². The fraction of sp³-hybridized carbons (Fsp3) is 0.143. The smallest absolute Gasteiger partial charge is 0.238 e. The van der Waals surface area contributed by atoms with E-state index in [1.807, 2.05) is 0 Å². The molecule has 0 amide bonds. The highest BCUT2D eigenvalue weighted by Gasteiger charge is 2.04. The number of nitrogens with two attached hydrogens (primary N) is 2. The molecule has 5 nitrogen and oxygen atoms in total. The van der Waals surface area contributed by atoms with Crippen molar-refractivity contribution in [2.75, 3.05) is 12.8 Å². The van der Waals surface area contributed by atoms with E-state index in [-0.39, 0.29) is 4.90 Å². The van der Waals surface area contributed by atoms with Gasteiger partial charge in [0, 0.05) is 12.8 Å². The van der Waals surface area contributed by atoms with Crippen molar-refractivity contribution in [3.63, 3.8) is 0 Å². The van der Waals surface area contributed by atoms with Gasteiger partial charge in [-0.1, -0.05) is 0 Å². The van der Waals surface area contributed by atoms with Gasteiger partial charge < -0.3 is 10.8 Å². The summed E-state index contributed by atoms with van der Waals surface area (Å²) in [5, 5.41) is 11.8. The minimum Gasteiger partial charge on any atom is -0.400 e. The highest BCUT2D eigenvalue weighted by molar-refractivity contribution is 7.89. The number of hydrogen-bond acceptors (Lipinski definition) is 4. The molecule has 0 aromatic heterocycles. The molecule has 0 aliphatic rings. The van der Waals surface area contributed by atoms with E-state index in [9.17, 15) is 8.42 Å². The average Bonchev–Trinajstić information content (AvgIpc) is 2.07. The van der Waals surface area contributed by atoms with E-state index < -0.39 is 10.0 Å². The summed E-state index contributed by atoms with van der Waals surface area (Å²) in [5.74, 6) is 0. The average molecular weight is 204 g/mol. The summed E-state index contributed by atoms with van der Waals surface area (Å²) in [6.07, 6.45) is 0. The van der Waals surface area contributed by atoms with Gasteiger partial charge in [-0.05, 0) is 24.3 Å². The molecule has 0 aliphatic carbocycles. The number of aliphatic hydroxyl groups is 1. The van der Waals surface area contributed by atoms with Crippen molar-refractivity contribution in [2.45, 2.75) is 4.90 Å². The molecule has 0 spiro atoms. The Bertz CT molecular complexity index is 345. The lowest BCUT2D eigenvalue weighted by Crippen LogP contribution is -2.11. The van der Waals surface area contributed by atoms with Gasteiger partial charge in [-0.25, -0.2) is 13.6 Å². The number of rotatable bonds is 1. The molecule has 0 fully saturated rings. The number of nitrogen functional groups attached to an aromatic ring is 1. The Hall–Kier alpha value is -1.11. The normalized spacial score (nSPS) is 10.1. The molecule has 1 aromatic carbocycles. The zero-order chi connectivity index (χ0) is 10.5. The van der Waals surface area contributed by atoms with Crippen LogP contribution >= 0.6 is 0 Å². The van der Waals surface area contributed by atoms with Crippen LogP contribution in [-0.4, -0.2) is 20.6 Å². The molecule has 0 saturated carbocycles. The zero-order valence-electron chi connectivity index (χ0n) is 7.14. The van der Waals surface area contributed by atoms with Crippen molar-refractivity contribution < 1.29 is 13.5 Å². The first-order chi connectivity index (χ1) is 6.00. The number of sulfonamides is 1. The lowest BCUT2D eigenvalue weighted by Gasteiger charge is -1.96. The molecule has 6 heteroatoms. The summed E-state index contributed by atoms with van der Waals surface area (Å²) in [7, 11) is -2.58. The number of aliphatic hydroxyl groups excluding tert-OH is 1. The quantitative estimate of drug-likeness (QED) is 0.537. The van der Waals surface area contributed by atoms with Gasteiger partial charge in [-0.2, -0.15) is 0 Å². The molecule has 0 heterocycles. The summed E-state index contributed by atoms with van der Waals surface area (Å²) in [6.45, 7) is 0. The fourth-order valence-electron chi connectivity index (χ4n) is 0.658. The van der Waals surface area contributed by atoms with Crippen molar-refractivity contribution in [3.8, 4) is 0 Å². The second-order valence-electron chi connectivity index (χ2n) is 2.11. The molecule has 0 radical (unpaired) electrons. The zero-order valence-corrected chi connectivity index (χ0v) is 7.95. The third-order valence-corrected chi connectivity index (χ3v) is 2.14. The summed E-state index contributed by atoms with van der Waals surface area (Å²) >= 11 is 0. The molecular formula is C7H12N2O3S. The van der Waals surface area contributed by atoms with Gasteiger partial charge in [0.05, 0.1) is 4.90 Å². The van der Waals surface area contributed by atoms with Crippen molar-refractivity contribution in [1.29, 1.82) is 0 Å². The van der Waals surface area contributed by atoms with Crippen LogP contribution in [0.3, 0.4) is 0 Å². The van der Waals surface area contributed by atoms with Crippen LogP contribution in [0.4, 0.5) is 5.69 Å². The SMILES string of the molecule is CO.Nc1ccc(S(N)(=O)=O)cc1. The van der Waals surface area contributed by atoms with Crippen LogP contribution in [0.1, 0.15) is 0 Å². The highest BCUT2D eigenvalue weighted by Crippen LogP contribution is 2.08. The monoisotopic (exact) mass is 204 g/mol. The molecule has 5 N–H and O–H groups in total. The third kappa shape index (κ3) is 3.88. The van der Waals surface area contributed by atoms with E-state index in [0.717, 1.165) is 7.11 Å². The van der Waals surface area contributed by atoms with Gasteiger partial charge in [-0.3, -0.25) is 0 Å². The number of benzene rings is 1. The predicted octanol–water partition coefficient (Wildman–Crippen LogP) is -0.475. The van der Waals surface area contributed by atoms with E-state index in [2.05, 4.69) is 0 Å². The maximum atomic E-state index is 10.7. The number of primary sulfonamides is 1. The van der Waals surface area contributed by atoms with Crippen LogP contribution in [0.25, 0.3) is 0 Å². The Morgan fingerprint density at radius 2 is 1.54 bits per heavy atom. The summed E-state index contributed by atoms with van der Waals surface area (Å²) in [4.78, 5) is 0.0756. The molecule has 74 valence electrons. The van der Waals surface area contributed by atoms with Gasteiger partial charge in [-0.15, -0.1) is 0 Å². The van der Waals surface area contributed by atoms with Crippen LogP contribution in [-0.2, 0) is 10.0 Å². The van der Waals surface area contributed by atoms with Crippen molar-refractivity contribution in [2.24, 2.45) is 5.14 Å². The standard InChI is InChI=1S/C6H8N2O2S.CH4O/c7-5-1-3-6(4-2-5)11(8,9)10;1-2/h1-4H,7H2,(H2,8,9,10);2H,1H3. The van der Waals surface area contributed by atoms with Crippen LogP contribution in [0.2, 0.25) is 0 Å². The maximum Gasteiger partial charge on any atom is 0.238 e. The maximum absolute atomic E-state index is 10.7. The Labute approximate surface area is 77.0 Å². The number of anilines is 1. The van der Waals surface area contributed by atoms with Crippen molar-refractivity contribution in [1.82, 2.24) is 0 Å². The van der Waals surface area contributed by atoms with Gasteiger partial charge in [0.25, 0.3) is 0 Å². The first-order valence-electron chi connectivity index (χ1n) is 3.33. The molecule has 0 atom stereocenters. The van der Waals surface area contributed by atoms with E-state index >= 15 is 0 Å². The number of hydrogen-bond donors (Lipinski definition) is 3. The first-order valence-corrected chi connectivity index (χ1v) is 4.88. The van der Waals surface area contributed by atoms with Crippen LogP contribution in [0.15, 0.2) is 29.2 Å². The van der Waals surface area contributed by atoms with Crippen LogP contribution in [0.5, 0.6) is 0 Å². The van der Waals surface area contributed by atoms with Crippen molar-refractivity contribution >= 4 is 15.7 Å². The van der Waals surface area contributed by atoms with Crippen LogP contribution in [0, 0.1) is 0 Å². The molecule has 13 heavy (non-hydrogen) atoms. The molecule has 0 bridgehead atoms. The Morgan fingerprint density at radius 3 is 1.85 bits per heavy atom. The van der Waals surface area contributed by atoms with Gasteiger partial charge >= 0.3 is 0 Å². The largest absolute Gasteiger partial charge is 0.400 e. The lowest BCUT2D eigenvalue weighted by molar-refractivity contribution is 0.399. The van der Waals surface area contributed by atoms with Crippen molar-refractivity contribution in [3.05, 3.63) is 24.3 Å². The lowest BCUT2D eigenvalue weighted by atomic mass is 10.3. The topological polar surface area (TPSA) is 106 Å². The summed E-state index contributed by atoms with van der Waals surface area (Å²) in [6, 6.07) is 5.70.